The molecule has 0 saturated heterocycles. The summed E-state index contributed by atoms with van der Waals surface area (Å²) in [6, 6.07) is 15.2. The van der Waals surface area contributed by atoms with Crippen LogP contribution < -0.4 is 10.1 Å². The summed E-state index contributed by atoms with van der Waals surface area (Å²) in [5.74, 6) is 0.717. The molecule has 0 aliphatic heterocycles. The number of rotatable bonds is 5. The highest BCUT2D eigenvalue weighted by molar-refractivity contribution is 5.86. The van der Waals surface area contributed by atoms with Crippen molar-refractivity contribution in [1.82, 2.24) is 15.1 Å². The van der Waals surface area contributed by atoms with Gasteiger partial charge >= 0.3 is 0 Å². The topological polar surface area (TPSA) is 56.1 Å². The smallest absolute Gasteiger partial charge is 0.244 e. The van der Waals surface area contributed by atoms with E-state index in [1.165, 1.54) is 0 Å². The number of nitrogens with zero attached hydrogens (tertiary/aromatic N) is 2. The van der Waals surface area contributed by atoms with Crippen LogP contribution in [0, 0.1) is 6.92 Å². The number of fused-ring (bicyclic) bond motifs is 1. The van der Waals surface area contributed by atoms with Gasteiger partial charge in [0, 0.05) is 11.9 Å². The monoisotopic (exact) mass is 323 g/mol. The summed E-state index contributed by atoms with van der Waals surface area (Å²) in [4.78, 5) is 12.5. The molecule has 1 heterocycles. The van der Waals surface area contributed by atoms with E-state index in [-0.39, 0.29) is 11.9 Å². The van der Waals surface area contributed by atoms with E-state index in [0.29, 0.717) is 6.54 Å². The molecule has 3 rings (SSSR count). The molecule has 0 aliphatic rings. The van der Waals surface area contributed by atoms with Gasteiger partial charge in [-0.25, -0.2) is 0 Å². The second-order valence-corrected chi connectivity index (χ2v) is 5.79. The summed E-state index contributed by atoms with van der Waals surface area (Å²) in [5.41, 5.74) is 2.90. The Hall–Kier alpha value is -2.82. The summed E-state index contributed by atoms with van der Waals surface area (Å²) in [6.07, 6.45) is 0. The van der Waals surface area contributed by atoms with Crippen LogP contribution in [0.25, 0.3) is 10.9 Å². The second-order valence-electron chi connectivity index (χ2n) is 5.79. The molecular weight excluding hydrogens is 302 g/mol. The van der Waals surface area contributed by atoms with Crippen molar-refractivity contribution in [1.29, 1.82) is 0 Å². The summed E-state index contributed by atoms with van der Waals surface area (Å²) < 4.78 is 6.99. The number of aromatic nitrogens is 2. The van der Waals surface area contributed by atoms with Gasteiger partial charge in [0.1, 0.15) is 11.8 Å². The van der Waals surface area contributed by atoms with Gasteiger partial charge in [-0.1, -0.05) is 30.3 Å². The zero-order valence-corrected chi connectivity index (χ0v) is 14.1. The van der Waals surface area contributed by atoms with Gasteiger partial charge in [-0.3, -0.25) is 9.48 Å². The van der Waals surface area contributed by atoms with Gasteiger partial charge in [0.25, 0.3) is 0 Å². The predicted octanol–water partition coefficient (Wildman–Crippen LogP) is 3.23. The Kier molecular flexibility index (Phi) is 4.51. The van der Waals surface area contributed by atoms with Crippen LogP contribution in [0.1, 0.15) is 24.2 Å². The number of para-hydroxylation sites is 1. The van der Waals surface area contributed by atoms with Crippen molar-refractivity contribution in [2.24, 2.45) is 0 Å². The first kappa shape index (κ1) is 16.1. The Morgan fingerprint density at radius 3 is 2.83 bits per heavy atom. The maximum absolute atomic E-state index is 12.5. The number of benzene rings is 2. The largest absolute Gasteiger partial charge is 0.497 e. The Balaban J connectivity index is 1.74. The molecular formula is C19H21N3O2. The van der Waals surface area contributed by atoms with Gasteiger partial charge in [-0.05, 0) is 37.6 Å². The van der Waals surface area contributed by atoms with Crippen LogP contribution in [0.15, 0.2) is 48.5 Å². The lowest BCUT2D eigenvalue weighted by Gasteiger charge is -2.14. The first-order valence-corrected chi connectivity index (χ1v) is 7.94. The van der Waals surface area contributed by atoms with Crippen molar-refractivity contribution < 1.29 is 9.53 Å². The van der Waals surface area contributed by atoms with Crippen LogP contribution in [-0.4, -0.2) is 22.8 Å². The van der Waals surface area contributed by atoms with Crippen LogP contribution in [0.4, 0.5) is 0 Å². The van der Waals surface area contributed by atoms with E-state index in [1.807, 2.05) is 62.4 Å². The van der Waals surface area contributed by atoms with E-state index in [0.717, 1.165) is 27.9 Å². The van der Waals surface area contributed by atoms with Crippen LogP contribution in [0.2, 0.25) is 0 Å². The molecule has 2 aromatic carbocycles. The van der Waals surface area contributed by atoms with E-state index in [2.05, 4.69) is 10.4 Å². The SMILES string of the molecule is COc1cccc(CNC(=O)[C@@H](C)n2nc(C)c3ccccc32)c1. The zero-order valence-electron chi connectivity index (χ0n) is 14.1. The molecule has 5 heteroatoms. The van der Waals surface area contributed by atoms with E-state index >= 15 is 0 Å². The Morgan fingerprint density at radius 1 is 1.25 bits per heavy atom. The number of hydrogen-bond acceptors (Lipinski definition) is 3. The van der Waals surface area contributed by atoms with Crippen molar-refractivity contribution in [3.63, 3.8) is 0 Å². The molecule has 0 radical (unpaired) electrons. The van der Waals surface area contributed by atoms with Crippen LogP contribution in [0.5, 0.6) is 5.75 Å². The van der Waals surface area contributed by atoms with Crippen LogP contribution in [-0.2, 0) is 11.3 Å². The van der Waals surface area contributed by atoms with Crippen LogP contribution in [0.3, 0.4) is 0 Å². The number of methoxy groups -OCH3 is 1. The fourth-order valence-corrected chi connectivity index (χ4v) is 2.77. The molecule has 0 aliphatic carbocycles. The number of nitrogens with one attached hydrogen (secondary N) is 1. The van der Waals surface area contributed by atoms with Gasteiger partial charge < -0.3 is 10.1 Å². The third-order valence-corrected chi connectivity index (χ3v) is 4.15. The fraction of sp³-hybridized carbons (Fsp3) is 0.263. The molecule has 1 N–H and O–H groups in total. The highest BCUT2D eigenvalue weighted by atomic mass is 16.5. The number of hydrogen-bond donors (Lipinski definition) is 1. The van der Waals surface area contributed by atoms with E-state index in [4.69, 9.17) is 4.74 Å². The van der Waals surface area contributed by atoms with Gasteiger partial charge in [-0.15, -0.1) is 0 Å². The number of ether oxygens (including phenoxy) is 1. The molecule has 124 valence electrons. The fourth-order valence-electron chi connectivity index (χ4n) is 2.77. The first-order valence-electron chi connectivity index (χ1n) is 7.94. The molecule has 3 aromatic rings. The van der Waals surface area contributed by atoms with E-state index in [9.17, 15) is 4.79 Å². The Labute approximate surface area is 141 Å². The van der Waals surface area contributed by atoms with Crippen molar-refractivity contribution in [2.45, 2.75) is 26.4 Å². The lowest BCUT2D eigenvalue weighted by molar-refractivity contribution is -0.124. The lowest BCUT2D eigenvalue weighted by atomic mass is 10.2. The minimum atomic E-state index is -0.380. The molecule has 24 heavy (non-hydrogen) atoms. The number of aryl methyl sites for hydroxylation is 1. The second kappa shape index (κ2) is 6.74. The van der Waals surface area contributed by atoms with E-state index < -0.39 is 0 Å². The molecule has 1 atom stereocenters. The molecule has 5 nitrogen and oxygen atoms in total. The van der Waals surface area contributed by atoms with E-state index in [1.54, 1.807) is 11.8 Å². The number of carbonyl (C=O) groups excluding carboxylic acids is 1. The average Bonchev–Trinajstić information content (AvgIpc) is 2.96. The molecule has 0 spiro atoms. The maximum atomic E-state index is 12.5. The minimum Gasteiger partial charge on any atom is -0.497 e. The summed E-state index contributed by atoms with van der Waals surface area (Å²) in [7, 11) is 1.63. The number of carbonyl (C=O) groups is 1. The van der Waals surface area contributed by atoms with Crippen molar-refractivity contribution in [3.05, 3.63) is 59.8 Å². The standard InChI is InChI=1S/C19H21N3O2/c1-13-17-9-4-5-10-18(17)22(21-13)14(2)19(23)20-12-15-7-6-8-16(11-15)24-3/h4-11,14H,12H2,1-3H3,(H,20,23)/t14-/m1/s1. The number of amides is 1. The Bertz CT molecular complexity index is 870. The van der Waals surface area contributed by atoms with Crippen molar-refractivity contribution in [3.8, 4) is 5.75 Å². The molecule has 0 bridgehead atoms. The zero-order chi connectivity index (χ0) is 17.1. The van der Waals surface area contributed by atoms with Gasteiger partial charge in [0.15, 0.2) is 0 Å². The van der Waals surface area contributed by atoms with Crippen molar-refractivity contribution in [2.75, 3.05) is 7.11 Å². The minimum absolute atomic E-state index is 0.0638. The third kappa shape index (κ3) is 3.11. The molecule has 0 unspecified atom stereocenters. The first-order chi connectivity index (χ1) is 11.6. The maximum Gasteiger partial charge on any atom is 0.244 e. The highest BCUT2D eigenvalue weighted by Gasteiger charge is 2.18. The predicted molar refractivity (Wildman–Crippen MR) is 94.0 cm³/mol. The van der Waals surface area contributed by atoms with Gasteiger partial charge in [0.05, 0.1) is 18.3 Å². The highest BCUT2D eigenvalue weighted by Crippen LogP contribution is 2.21. The molecule has 0 fully saturated rings. The van der Waals surface area contributed by atoms with Gasteiger partial charge in [-0.2, -0.15) is 5.10 Å². The van der Waals surface area contributed by atoms with Crippen molar-refractivity contribution >= 4 is 16.8 Å². The molecule has 1 aromatic heterocycles. The molecule has 0 saturated carbocycles. The Morgan fingerprint density at radius 2 is 2.04 bits per heavy atom. The quantitative estimate of drug-likeness (QED) is 0.784. The summed E-state index contributed by atoms with van der Waals surface area (Å²) in [6.45, 7) is 4.28. The van der Waals surface area contributed by atoms with Crippen LogP contribution >= 0.6 is 0 Å². The average molecular weight is 323 g/mol. The lowest BCUT2D eigenvalue weighted by Crippen LogP contribution is -2.31. The molecule has 1 amide bonds. The summed E-state index contributed by atoms with van der Waals surface area (Å²) in [5, 5.41) is 8.57. The normalized spacial score (nSPS) is 12.1. The van der Waals surface area contributed by atoms with Gasteiger partial charge in [0.2, 0.25) is 5.91 Å². The third-order valence-electron chi connectivity index (χ3n) is 4.15. The summed E-state index contributed by atoms with van der Waals surface area (Å²) >= 11 is 0.